The number of ether oxygens (including phenoxy) is 5. The first kappa shape index (κ1) is 52.0. The molecule has 0 spiro atoms. The summed E-state index contributed by atoms with van der Waals surface area (Å²) in [4.78, 5) is 48.8. The van der Waals surface area contributed by atoms with E-state index in [9.17, 15) is 21.6 Å². The molecule has 0 saturated carbocycles. The number of halogens is 1. The number of hydrogen-bond donors (Lipinski definition) is 2. The van der Waals surface area contributed by atoms with Crippen LogP contribution in [-0.4, -0.2) is 174 Å². The van der Waals surface area contributed by atoms with E-state index in [-0.39, 0.29) is 29.2 Å². The topological polar surface area (TPSA) is 246 Å². The Bertz CT molecular complexity index is 3120. The van der Waals surface area contributed by atoms with Crippen LogP contribution in [0.5, 0.6) is 11.8 Å². The summed E-state index contributed by atoms with van der Waals surface area (Å²) < 4.78 is 82.2. The fraction of sp³-hybridized carbons (Fsp3) is 0.477. The van der Waals surface area contributed by atoms with Gasteiger partial charge >= 0.3 is 6.09 Å². The van der Waals surface area contributed by atoms with Crippen LogP contribution in [0, 0.1) is 0 Å². The summed E-state index contributed by atoms with van der Waals surface area (Å²) in [6.07, 6.45) is 5.12. The zero-order valence-electron chi connectivity index (χ0n) is 40.2. The van der Waals surface area contributed by atoms with Crippen LogP contribution in [0.15, 0.2) is 39.8 Å². The monoisotopic (exact) mass is 1120 g/mol. The number of thiophene rings is 2. The first-order valence-corrected chi connectivity index (χ1v) is 28.7. The highest BCUT2D eigenvalue weighted by Crippen LogP contribution is 2.40. The average molecular weight is 1120 g/mol. The number of anilines is 4. The lowest BCUT2D eigenvalue weighted by atomic mass is 10.1. The van der Waals surface area contributed by atoms with E-state index >= 15 is 0 Å². The molecule has 9 rings (SSSR count). The van der Waals surface area contributed by atoms with E-state index in [1.807, 2.05) is 26.2 Å². The Kier molecular flexibility index (Phi) is 16.0. The van der Waals surface area contributed by atoms with Crippen molar-refractivity contribution in [3.05, 3.63) is 45.3 Å². The first-order valence-electron chi connectivity index (χ1n) is 22.4. The molecule has 2 N–H and O–H groups in total. The number of aromatic nitrogens is 6. The lowest BCUT2D eigenvalue weighted by molar-refractivity contribution is 0.0139. The Balaban J connectivity index is 0.000000204. The number of rotatable bonds is 12. The highest BCUT2D eigenvalue weighted by molar-refractivity contribution is 9.10. The summed E-state index contributed by atoms with van der Waals surface area (Å²) in [6, 6.07) is 3.36. The number of fused-ring (bicyclic) bond motifs is 2. The molecule has 382 valence electrons. The lowest BCUT2D eigenvalue weighted by Crippen LogP contribution is -2.49. The van der Waals surface area contributed by atoms with Gasteiger partial charge in [0.1, 0.15) is 22.5 Å². The number of piperazine rings is 1. The molecule has 0 aliphatic carbocycles. The Morgan fingerprint density at radius 2 is 1.17 bits per heavy atom. The molecule has 1 amide bonds. The summed E-state index contributed by atoms with van der Waals surface area (Å²) >= 11 is 6.61. The highest BCUT2D eigenvalue weighted by atomic mass is 79.9. The van der Waals surface area contributed by atoms with Crippen LogP contribution in [0.1, 0.15) is 26.3 Å². The van der Waals surface area contributed by atoms with Crippen molar-refractivity contribution in [1.82, 2.24) is 39.7 Å². The molecule has 0 radical (unpaired) electrons. The minimum absolute atomic E-state index is 0.167. The molecule has 0 bridgehead atoms. The Morgan fingerprint density at radius 1 is 0.704 bits per heavy atom. The maximum Gasteiger partial charge on any atom is 0.410 e. The summed E-state index contributed by atoms with van der Waals surface area (Å²) in [7, 11) is -4.20. The van der Waals surface area contributed by atoms with Crippen LogP contribution >= 0.6 is 38.6 Å². The molecule has 3 aliphatic rings. The fourth-order valence-electron chi connectivity index (χ4n) is 7.84. The SMILES string of the molecule is COc1ncc(-c2nc(N3CCOCC3)nc3c(Br)csc23)cc1NS(C)(=O)=O.COc1ncc(-c2nc(N3CCOCC3)nc3c(CN4CCN(C(=O)OC(C)(C)C)CC4)csc23)cc1NS(C)(=O)=O. The number of carbonyl (C=O) groups excluding carboxylic acids is 1. The van der Waals surface area contributed by atoms with E-state index in [2.05, 4.69) is 55.4 Å². The third-order valence-electron chi connectivity index (χ3n) is 11.1. The molecule has 27 heteroatoms. The molecule has 3 aliphatic heterocycles. The second-order valence-corrected chi connectivity index (χ2v) is 23.8. The fourth-order valence-corrected chi connectivity index (χ4v) is 11.5. The standard InChI is InChI=1S/C27H37N7O6S2.C17H18BrN5O4S2/c1-27(2,3)40-26(35)34-8-6-32(7-9-34)16-19-17-41-23-21(29-25(30-22(19)23)33-10-12-39-13-11-33)18-14-20(31-42(5,36)37)24(38-4)28-15-18;1-26-16-12(22-29(2,24)25)7-10(8-19-16)13-15-14(11(18)9-28-15)21-17(20-13)23-3-5-27-6-4-23/h14-15,17,31H,6-13,16H2,1-5H3;7-9,22H,3-6H2,1-2H3. The van der Waals surface area contributed by atoms with Gasteiger partial charge in [0.15, 0.2) is 0 Å². The first-order chi connectivity index (χ1) is 33.8. The average Bonchev–Trinajstić information content (AvgIpc) is 3.92. The van der Waals surface area contributed by atoms with E-state index in [1.54, 1.807) is 40.8 Å². The van der Waals surface area contributed by atoms with E-state index in [1.165, 1.54) is 25.6 Å². The molecule has 6 aromatic heterocycles. The van der Waals surface area contributed by atoms with Crippen molar-refractivity contribution in [3.8, 4) is 34.3 Å². The lowest BCUT2D eigenvalue weighted by Gasteiger charge is -2.35. The molecule has 3 fully saturated rings. The number of morpholine rings is 2. The van der Waals surface area contributed by atoms with Gasteiger partial charge in [0, 0.05) is 93.4 Å². The van der Waals surface area contributed by atoms with Crippen molar-refractivity contribution < 1.29 is 45.3 Å². The smallest absolute Gasteiger partial charge is 0.410 e. The summed E-state index contributed by atoms with van der Waals surface area (Å²) in [5.41, 5.74) is 5.31. The van der Waals surface area contributed by atoms with Gasteiger partial charge in [0.2, 0.25) is 43.7 Å². The van der Waals surface area contributed by atoms with Crippen molar-refractivity contribution >= 4 is 108 Å². The third kappa shape index (κ3) is 13.0. The molecule has 22 nitrogen and oxygen atoms in total. The molecule has 0 aromatic carbocycles. The summed E-state index contributed by atoms with van der Waals surface area (Å²) in [5, 5.41) is 4.05. The van der Waals surface area contributed by atoms with Crippen molar-refractivity contribution in [2.24, 2.45) is 0 Å². The minimum atomic E-state index is -3.57. The molecule has 3 saturated heterocycles. The predicted molar refractivity (Wildman–Crippen MR) is 278 cm³/mol. The second-order valence-electron chi connectivity index (χ2n) is 17.7. The normalized spacial score (nSPS) is 16.1. The van der Waals surface area contributed by atoms with Crippen LogP contribution in [-0.2, 0) is 40.8 Å². The Morgan fingerprint density at radius 3 is 1.63 bits per heavy atom. The molecule has 71 heavy (non-hydrogen) atoms. The molecule has 6 aromatic rings. The summed E-state index contributed by atoms with van der Waals surface area (Å²) in [6.45, 7) is 14.0. The van der Waals surface area contributed by atoms with Crippen molar-refractivity contribution in [3.63, 3.8) is 0 Å². The number of pyridine rings is 2. The van der Waals surface area contributed by atoms with Crippen molar-refractivity contribution in [2.45, 2.75) is 32.9 Å². The van der Waals surface area contributed by atoms with Crippen LogP contribution in [0.4, 0.5) is 28.1 Å². The van der Waals surface area contributed by atoms with E-state index < -0.39 is 25.6 Å². The maximum atomic E-state index is 12.5. The number of amides is 1. The van der Waals surface area contributed by atoms with Crippen molar-refractivity contribution in [1.29, 1.82) is 0 Å². The van der Waals surface area contributed by atoms with Crippen LogP contribution in [0.2, 0.25) is 0 Å². The van der Waals surface area contributed by atoms with Gasteiger partial charge in [-0.05, 0) is 54.2 Å². The number of nitrogens with zero attached hydrogens (tertiary/aromatic N) is 10. The number of nitrogens with one attached hydrogen (secondary N) is 2. The van der Waals surface area contributed by atoms with Gasteiger partial charge in [-0.1, -0.05) is 0 Å². The van der Waals surface area contributed by atoms with Crippen LogP contribution in [0.3, 0.4) is 0 Å². The van der Waals surface area contributed by atoms with Crippen LogP contribution < -0.4 is 28.7 Å². The Hall–Kier alpha value is -5.29. The van der Waals surface area contributed by atoms with Gasteiger partial charge in [-0.3, -0.25) is 14.3 Å². The maximum absolute atomic E-state index is 12.5. The van der Waals surface area contributed by atoms with Crippen LogP contribution in [0.25, 0.3) is 42.9 Å². The highest BCUT2D eigenvalue weighted by Gasteiger charge is 2.28. The second kappa shape index (κ2) is 21.8. The van der Waals surface area contributed by atoms with Gasteiger partial charge in [0.05, 0.1) is 83.9 Å². The predicted octanol–water partition coefficient (Wildman–Crippen LogP) is 5.76. The van der Waals surface area contributed by atoms with Gasteiger partial charge in [-0.15, -0.1) is 22.7 Å². The zero-order valence-corrected chi connectivity index (χ0v) is 45.1. The Labute approximate surface area is 428 Å². The molecule has 0 atom stereocenters. The van der Waals surface area contributed by atoms with Gasteiger partial charge in [0.25, 0.3) is 0 Å². The van der Waals surface area contributed by atoms with Gasteiger partial charge in [-0.25, -0.2) is 51.5 Å². The van der Waals surface area contributed by atoms with Crippen molar-refractivity contribution in [2.75, 3.05) is 125 Å². The van der Waals surface area contributed by atoms with Gasteiger partial charge in [-0.2, -0.15) is 0 Å². The number of methoxy groups -OCH3 is 2. The molecular weight excluding hydrogens is 1060 g/mol. The minimum Gasteiger partial charge on any atom is -0.480 e. The quantitative estimate of drug-likeness (QED) is 0.148. The number of sulfonamides is 2. The van der Waals surface area contributed by atoms with Gasteiger partial charge < -0.3 is 38.4 Å². The number of hydrogen-bond acceptors (Lipinski definition) is 21. The molecule has 9 heterocycles. The van der Waals surface area contributed by atoms with E-state index in [0.717, 1.165) is 43.0 Å². The van der Waals surface area contributed by atoms with E-state index in [0.29, 0.717) is 120 Å². The zero-order chi connectivity index (χ0) is 50.7. The number of carbonyl (C=O) groups is 1. The molecular formula is C44H55BrN12O10S4. The largest absolute Gasteiger partial charge is 0.480 e. The molecule has 0 unspecified atom stereocenters. The van der Waals surface area contributed by atoms with E-state index in [4.69, 9.17) is 43.6 Å². The summed E-state index contributed by atoms with van der Waals surface area (Å²) in [5.74, 6) is 1.54. The third-order valence-corrected chi connectivity index (χ3v) is 15.2.